The Morgan fingerprint density at radius 1 is 1.14 bits per heavy atom. The van der Waals surface area contributed by atoms with E-state index in [4.69, 9.17) is 0 Å². The zero-order valence-electron chi connectivity index (χ0n) is 12.9. The van der Waals surface area contributed by atoms with Crippen molar-refractivity contribution in [3.05, 3.63) is 34.9 Å². The van der Waals surface area contributed by atoms with Crippen molar-refractivity contribution >= 4 is 11.7 Å². The van der Waals surface area contributed by atoms with Crippen molar-refractivity contribution in [1.29, 1.82) is 0 Å². The number of aryl methyl sites for hydroxylation is 2. The maximum absolute atomic E-state index is 12.4. The molecule has 1 N–H and O–H groups in total. The van der Waals surface area contributed by atoms with Crippen LogP contribution in [-0.4, -0.2) is 42.8 Å². The van der Waals surface area contributed by atoms with E-state index in [0.717, 1.165) is 18.4 Å². The number of benzene rings is 1. The molecule has 0 aliphatic heterocycles. The number of carbonyl (C=O) groups is 2. The van der Waals surface area contributed by atoms with E-state index in [-0.39, 0.29) is 18.2 Å². The first-order chi connectivity index (χ1) is 10.1. The Kier molecular flexibility index (Phi) is 5.51. The summed E-state index contributed by atoms with van der Waals surface area (Å²) in [5, 5.41) is 2.77. The first-order valence-corrected chi connectivity index (χ1v) is 7.78. The minimum absolute atomic E-state index is 0.0268. The molecule has 0 fully saturated rings. The number of fused-ring (bicyclic) bond motifs is 1. The topological polar surface area (TPSA) is 49.4 Å². The number of amides is 1. The van der Waals surface area contributed by atoms with Crippen LogP contribution in [0, 0.1) is 0 Å². The maximum Gasteiger partial charge on any atom is 0.234 e. The molecule has 1 aliphatic carbocycles. The Morgan fingerprint density at radius 2 is 1.90 bits per heavy atom. The van der Waals surface area contributed by atoms with Gasteiger partial charge in [-0.3, -0.25) is 14.5 Å². The molecule has 0 aromatic heterocycles. The van der Waals surface area contributed by atoms with E-state index in [9.17, 15) is 9.59 Å². The summed E-state index contributed by atoms with van der Waals surface area (Å²) in [6.07, 6.45) is 3.39. The fourth-order valence-corrected chi connectivity index (χ4v) is 2.78. The summed E-state index contributed by atoms with van der Waals surface area (Å²) in [5.41, 5.74) is 3.46. The maximum atomic E-state index is 12.4. The van der Waals surface area contributed by atoms with E-state index in [1.165, 1.54) is 17.5 Å². The molecule has 1 amide bonds. The molecule has 4 heteroatoms. The van der Waals surface area contributed by atoms with Crippen LogP contribution in [-0.2, 0) is 17.6 Å². The number of Topliss-reactive ketones (excluding diaryl/α,β-unsaturated/α-hetero) is 1. The van der Waals surface area contributed by atoms with Gasteiger partial charge in [-0.2, -0.15) is 0 Å². The van der Waals surface area contributed by atoms with Crippen molar-refractivity contribution in [2.45, 2.75) is 33.1 Å². The molecular formula is C17H24N2O2. The molecule has 0 unspecified atom stereocenters. The normalized spacial score (nSPS) is 13.3. The van der Waals surface area contributed by atoms with Crippen LogP contribution in [0.2, 0.25) is 0 Å². The first-order valence-electron chi connectivity index (χ1n) is 7.78. The molecule has 4 nitrogen and oxygen atoms in total. The lowest BCUT2D eigenvalue weighted by Gasteiger charge is -2.19. The molecule has 0 bridgehead atoms. The minimum Gasteiger partial charge on any atom is -0.355 e. The molecule has 0 saturated heterocycles. The summed E-state index contributed by atoms with van der Waals surface area (Å²) in [7, 11) is 0. The highest BCUT2D eigenvalue weighted by molar-refractivity contribution is 5.98. The van der Waals surface area contributed by atoms with Gasteiger partial charge in [0.15, 0.2) is 5.78 Å². The van der Waals surface area contributed by atoms with Gasteiger partial charge in [-0.25, -0.2) is 0 Å². The smallest absolute Gasteiger partial charge is 0.234 e. The highest BCUT2D eigenvalue weighted by atomic mass is 16.2. The number of rotatable bonds is 7. The van der Waals surface area contributed by atoms with Crippen LogP contribution in [0.4, 0.5) is 0 Å². The predicted octanol–water partition coefficient (Wildman–Crippen LogP) is 1.82. The minimum atomic E-state index is -0.0268. The van der Waals surface area contributed by atoms with Gasteiger partial charge < -0.3 is 5.32 Å². The molecule has 1 aliphatic rings. The van der Waals surface area contributed by atoms with Gasteiger partial charge in [0, 0.05) is 12.1 Å². The lowest BCUT2D eigenvalue weighted by atomic mass is 10.0. The van der Waals surface area contributed by atoms with E-state index in [2.05, 4.69) is 11.4 Å². The van der Waals surface area contributed by atoms with E-state index in [1.807, 2.05) is 30.9 Å². The van der Waals surface area contributed by atoms with Crippen LogP contribution in [0.3, 0.4) is 0 Å². The molecule has 0 saturated carbocycles. The van der Waals surface area contributed by atoms with Gasteiger partial charge in [0.2, 0.25) is 5.91 Å². The van der Waals surface area contributed by atoms with Gasteiger partial charge in [-0.15, -0.1) is 0 Å². The number of likely N-dealkylation sites (N-methyl/N-ethyl adjacent to an activating group) is 2. The molecule has 114 valence electrons. The summed E-state index contributed by atoms with van der Waals surface area (Å²) in [4.78, 5) is 25.9. The average molecular weight is 288 g/mol. The van der Waals surface area contributed by atoms with E-state index in [1.54, 1.807) is 0 Å². The van der Waals surface area contributed by atoms with Gasteiger partial charge in [0.1, 0.15) is 0 Å². The lowest BCUT2D eigenvalue weighted by Crippen LogP contribution is -2.39. The summed E-state index contributed by atoms with van der Waals surface area (Å²) < 4.78 is 0. The molecular weight excluding hydrogens is 264 g/mol. The second-order valence-electron chi connectivity index (χ2n) is 5.52. The molecule has 0 radical (unpaired) electrons. The average Bonchev–Trinajstić information content (AvgIpc) is 2.93. The highest BCUT2D eigenvalue weighted by Gasteiger charge is 2.17. The van der Waals surface area contributed by atoms with E-state index >= 15 is 0 Å². The summed E-state index contributed by atoms with van der Waals surface area (Å²) in [6, 6.07) is 6.03. The number of nitrogens with zero attached hydrogens (tertiary/aromatic N) is 1. The van der Waals surface area contributed by atoms with E-state index in [0.29, 0.717) is 19.6 Å². The Morgan fingerprint density at radius 3 is 2.62 bits per heavy atom. The van der Waals surface area contributed by atoms with Gasteiger partial charge in [-0.05, 0) is 49.9 Å². The molecule has 1 aromatic carbocycles. The van der Waals surface area contributed by atoms with E-state index < -0.39 is 0 Å². The summed E-state index contributed by atoms with van der Waals surface area (Å²) in [6.45, 7) is 5.75. The first kappa shape index (κ1) is 15.7. The molecule has 0 spiro atoms. The summed E-state index contributed by atoms with van der Waals surface area (Å²) >= 11 is 0. The van der Waals surface area contributed by atoms with Crippen LogP contribution in [0.5, 0.6) is 0 Å². The van der Waals surface area contributed by atoms with Crippen molar-refractivity contribution in [2.75, 3.05) is 26.2 Å². The Labute approximate surface area is 126 Å². The van der Waals surface area contributed by atoms with Crippen molar-refractivity contribution in [3.63, 3.8) is 0 Å². The Hall–Kier alpha value is -1.68. The lowest BCUT2D eigenvalue weighted by molar-refractivity contribution is -0.121. The number of carbonyl (C=O) groups excluding carboxylic acids is 2. The molecule has 2 rings (SSSR count). The SMILES string of the molecule is CCNC(=O)CN(CC)CC(=O)c1ccc2c(c1)CCC2. The Balaban J connectivity index is 1.97. The van der Waals surface area contributed by atoms with Gasteiger partial charge in [0.25, 0.3) is 0 Å². The van der Waals surface area contributed by atoms with Crippen LogP contribution < -0.4 is 5.32 Å². The second-order valence-corrected chi connectivity index (χ2v) is 5.52. The quantitative estimate of drug-likeness (QED) is 0.779. The molecule has 1 aromatic rings. The second kappa shape index (κ2) is 7.36. The van der Waals surface area contributed by atoms with Gasteiger partial charge >= 0.3 is 0 Å². The number of ketones is 1. The van der Waals surface area contributed by atoms with Crippen LogP contribution in [0.15, 0.2) is 18.2 Å². The third-order valence-corrected chi connectivity index (χ3v) is 3.98. The molecule has 0 atom stereocenters. The zero-order chi connectivity index (χ0) is 15.2. The van der Waals surface area contributed by atoms with Crippen molar-refractivity contribution < 1.29 is 9.59 Å². The van der Waals surface area contributed by atoms with Gasteiger partial charge in [0.05, 0.1) is 13.1 Å². The van der Waals surface area contributed by atoms with Crippen molar-refractivity contribution in [3.8, 4) is 0 Å². The zero-order valence-corrected chi connectivity index (χ0v) is 12.9. The van der Waals surface area contributed by atoms with Crippen LogP contribution >= 0.6 is 0 Å². The summed E-state index contributed by atoms with van der Waals surface area (Å²) in [5.74, 6) is 0.0666. The number of hydrogen-bond acceptors (Lipinski definition) is 3. The van der Waals surface area contributed by atoms with Crippen LogP contribution in [0.1, 0.15) is 41.8 Å². The monoisotopic (exact) mass is 288 g/mol. The fourth-order valence-electron chi connectivity index (χ4n) is 2.78. The van der Waals surface area contributed by atoms with Crippen LogP contribution in [0.25, 0.3) is 0 Å². The predicted molar refractivity (Wildman–Crippen MR) is 83.6 cm³/mol. The molecule has 21 heavy (non-hydrogen) atoms. The van der Waals surface area contributed by atoms with Crippen molar-refractivity contribution in [2.24, 2.45) is 0 Å². The number of nitrogens with one attached hydrogen (secondary N) is 1. The highest BCUT2D eigenvalue weighted by Crippen LogP contribution is 2.23. The third-order valence-electron chi connectivity index (χ3n) is 3.98. The Bertz CT molecular complexity index is 526. The molecule has 0 heterocycles. The van der Waals surface area contributed by atoms with Gasteiger partial charge in [-0.1, -0.05) is 19.1 Å². The number of hydrogen-bond donors (Lipinski definition) is 1. The largest absolute Gasteiger partial charge is 0.355 e. The standard InChI is InChI=1S/C17H24N2O2/c1-3-18-17(21)12-19(4-2)11-16(20)15-9-8-13-6-5-7-14(13)10-15/h8-10H,3-7,11-12H2,1-2H3,(H,18,21). The third kappa shape index (κ3) is 4.14. The fraction of sp³-hybridized carbons (Fsp3) is 0.529. The van der Waals surface area contributed by atoms with Crippen molar-refractivity contribution in [1.82, 2.24) is 10.2 Å².